The maximum absolute atomic E-state index is 12.2. The fraction of sp³-hybridized carbons (Fsp3) is 0.250. The second kappa shape index (κ2) is 5.22. The van der Waals surface area contributed by atoms with Crippen molar-refractivity contribution < 1.29 is 4.79 Å². The van der Waals surface area contributed by atoms with Gasteiger partial charge in [-0.2, -0.15) is 0 Å². The van der Waals surface area contributed by atoms with Crippen molar-refractivity contribution in [3.05, 3.63) is 54.4 Å². The molecule has 1 aliphatic heterocycles. The van der Waals surface area contributed by atoms with Crippen LogP contribution in [0.3, 0.4) is 0 Å². The van der Waals surface area contributed by atoms with Crippen molar-refractivity contribution in [1.29, 1.82) is 0 Å². The molecule has 1 saturated heterocycles. The quantitative estimate of drug-likeness (QED) is 0.823. The minimum absolute atomic E-state index is 0.0529. The van der Waals surface area contributed by atoms with E-state index in [-0.39, 0.29) is 5.91 Å². The Bertz CT molecular complexity index is 557. The number of hydrogen-bond donors (Lipinski definition) is 0. The Labute approximate surface area is 112 Å². The van der Waals surface area contributed by atoms with Crippen LogP contribution in [0, 0.1) is 0 Å². The Morgan fingerprint density at radius 3 is 2.32 bits per heavy atom. The Morgan fingerprint density at radius 2 is 1.68 bits per heavy atom. The van der Waals surface area contributed by atoms with Gasteiger partial charge in [0.25, 0.3) is 5.91 Å². The molecule has 0 bridgehead atoms. The van der Waals surface area contributed by atoms with Gasteiger partial charge in [0.05, 0.1) is 0 Å². The molecule has 2 aromatic rings. The lowest BCUT2D eigenvalue weighted by atomic mass is 10.1. The molecule has 1 aromatic carbocycles. The standard InChI is InChI=1S/C16H16N2O/c19-16(18-10-4-5-11-18)15-9-8-14(12-17-15)13-6-2-1-3-7-13/h1-3,6-9,12H,4-5,10-11H2. The highest BCUT2D eigenvalue weighted by molar-refractivity contribution is 5.92. The Hall–Kier alpha value is -2.16. The average Bonchev–Trinajstić information content (AvgIpc) is 3.02. The Balaban J connectivity index is 1.81. The highest BCUT2D eigenvalue weighted by atomic mass is 16.2. The van der Waals surface area contributed by atoms with Gasteiger partial charge in [-0.1, -0.05) is 36.4 Å². The second-order valence-corrected chi connectivity index (χ2v) is 4.80. The molecule has 2 heterocycles. The molecule has 1 aromatic heterocycles. The maximum Gasteiger partial charge on any atom is 0.272 e. The fourth-order valence-electron chi connectivity index (χ4n) is 2.40. The van der Waals surface area contributed by atoms with Gasteiger partial charge in [-0.3, -0.25) is 9.78 Å². The van der Waals surface area contributed by atoms with Crippen molar-refractivity contribution >= 4 is 5.91 Å². The number of rotatable bonds is 2. The van der Waals surface area contributed by atoms with Crippen LogP contribution in [0.1, 0.15) is 23.3 Å². The molecular weight excluding hydrogens is 236 g/mol. The lowest BCUT2D eigenvalue weighted by Gasteiger charge is -2.14. The highest BCUT2D eigenvalue weighted by Gasteiger charge is 2.20. The zero-order valence-electron chi connectivity index (χ0n) is 10.7. The van der Waals surface area contributed by atoms with Gasteiger partial charge in [-0.25, -0.2) is 0 Å². The zero-order chi connectivity index (χ0) is 13.1. The molecular formula is C16H16N2O. The van der Waals surface area contributed by atoms with Crippen molar-refractivity contribution in [2.75, 3.05) is 13.1 Å². The molecule has 0 radical (unpaired) electrons. The molecule has 0 spiro atoms. The summed E-state index contributed by atoms with van der Waals surface area (Å²) in [6, 6.07) is 13.9. The number of amides is 1. The summed E-state index contributed by atoms with van der Waals surface area (Å²) in [6.45, 7) is 1.72. The molecule has 3 rings (SSSR count). The molecule has 0 aliphatic carbocycles. The molecule has 19 heavy (non-hydrogen) atoms. The minimum atomic E-state index is 0.0529. The molecule has 0 unspecified atom stereocenters. The number of carbonyl (C=O) groups excluding carboxylic acids is 1. The molecule has 96 valence electrons. The van der Waals surface area contributed by atoms with E-state index in [1.807, 2.05) is 47.4 Å². The van der Waals surface area contributed by atoms with Crippen LogP contribution < -0.4 is 0 Å². The van der Waals surface area contributed by atoms with Crippen LogP contribution in [0.15, 0.2) is 48.7 Å². The van der Waals surface area contributed by atoms with E-state index in [0.29, 0.717) is 5.69 Å². The third kappa shape index (κ3) is 2.50. The van der Waals surface area contributed by atoms with E-state index in [9.17, 15) is 4.79 Å². The lowest BCUT2D eigenvalue weighted by molar-refractivity contribution is 0.0787. The van der Waals surface area contributed by atoms with Gasteiger partial charge in [0.2, 0.25) is 0 Å². The van der Waals surface area contributed by atoms with E-state index in [0.717, 1.165) is 37.1 Å². The van der Waals surface area contributed by atoms with Crippen LogP contribution in [0.25, 0.3) is 11.1 Å². The van der Waals surface area contributed by atoms with Gasteiger partial charge in [-0.05, 0) is 24.5 Å². The predicted molar refractivity (Wildman–Crippen MR) is 74.8 cm³/mol. The van der Waals surface area contributed by atoms with Gasteiger partial charge in [0, 0.05) is 24.8 Å². The Morgan fingerprint density at radius 1 is 0.947 bits per heavy atom. The topological polar surface area (TPSA) is 33.2 Å². The molecule has 3 heteroatoms. The summed E-state index contributed by atoms with van der Waals surface area (Å²) >= 11 is 0. The van der Waals surface area contributed by atoms with Crippen LogP contribution in [0.4, 0.5) is 0 Å². The van der Waals surface area contributed by atoms with Crippen molar-refractivity contribution in [1.82, 2.24) is 9.88 Å². The fourth-order valence-corrected chi connectivity index (χ4v) is 2.40. The van der Waals surface area contributed by atoms with Crippen LogP contribution in [-0.4, -0.2) is 28.9 Å². The minimum Gasteiger partial charge on any atom is -0.337 e. The third-order valence-electron chi connectivity index (χ3n) is 3.48. The van der Waals surface area contributed by atoms with E-state index in [2.05, 4.69) is 4.98 Å². The van der Waals surface area contributed by atoms with Crippen LogP contribution in [-0.2, 0) is 0 Å². The monoisotopic (exact) mass is 252 g/mol. The number of hydrogen-bond acceptors (Lipinski definition) is 2. The van der Waals surface area contributed by atoms with Gasteiger partial charge in [-0.15, -0.1) is 0 Å². The summed E-state index contributed by atoms with van der Waals surface area (Å²) in [5.41, 5.74) is 2.70. The molecule has 3 nitrogen and oxygen atoms in total. The number of likely N-dealkylation sites (tertiary alicyclic amines) is 1. The largest absolute Gasteiger partial charge is 0.337 e. The van der Waals surface area contributed by atoms with E-state index in [1.54, 1.807) is 6.20 Å². The van der Waals surface area contributed by atoms with Gasteiger partial charge in [0.1, 0.15) is 5.69 Å². The molecule has 1 fully saturated rings. The summed E-state index contributed by atoms with van der Waals surface area (Å²) < 4.78 is 0. The SMILES string of the molecule is O=C(c1ccc(-c2ccccc2)cn1)N1CCCC1. The summed E-state index contributed by atoms with van der Waals surface area (Å²) in [6.07, 6.45) is 3.99. The van der Waals surface area contributed by atoms with Crippen molar-refractivity contribution in [3.8, 4) is 11.1 Å². The normalized spacial score (nSPS) is 14.6. The first kappa shape index (κ1) is 11.9. The first-order valence-corrected chi connectivity index (χ1v) is 6.65. The van der Waals surface area contributed by atoms with Crippen LogP contribution >= 0.6 is 0 Å². The number of pyridine rings is 1. The summed E-state index contributed by atoms with van der Waals surface area (Å²) in [5.74, 6) is 0.0529. The molecule has 0 N–H and O–H groups in total. The Kier molecular flexibility index (Phi) is 3.27. The van der Waals surface area contributed by atoms with E-state index < -0.39 is 0 Å². The molecule has 0 saturated carbocycles. The first-order valence-electron chi connectivity index (χ1n) is 6.65. The van der Waals surface area contributed by atoms with Crippen molar-refractivity contribution in [3.63, 3.8) is 0 Å². The lowest BCUT2D eigenvalue weighted by Crippen LogP contribution is -2.28. The summed E-state index contributed by atoms with van der Waals surface area (Å²) in [4.78, 5) is 18.3. The molecule has 0 atom stereocenters. The van der Waals surface area contributed by atoms with E-state index in [4.69, 9.17) is 0 Å². The maximum atomic E-state index is 12.2. The van der Waals surface area contributed by atoms with Gasteiger partial charge < -0.3 is 4.90 Å². The highest BCUT2D eigenvalue weighted by Crippen LogP contribution is 2.18. The molecule has 1 amide bonds. The smallest absolute Gasteiger partial charge is 0.272 e. The van der Waals surface area contributed by atoms with Crippen molar-refractivity contribution in [2.24, 2.45) is 0 Å². The van der Waals surface area contributed by atoms with Gasteiger partial charge in [0.15, 0.2) is 0 Å². The number of aromatic nitrogens is 1. The number of nitrogens with zero attached hydrogens (tertiary/aromatic N) is 2. The predicted octanol–water partition coefficient (Wildman–Crippen LogP) is 2.98. The summed E-state index contributed by atoms with van der Waals surface area (Å²) in [5, 5.41) is 0. The van der Waals surface area contributed by atoms with Crippen LogP contribution in [0.2, 0.25) is 0 Å². The van der Waals surface area contributed by atoms with Gasteiger partial charge >= 0.3 is 0 Å². The number of carbonyl (C=O) groups is 1. The second-order valence-electron chi connectivity index (χ2n) is 4.80. The van der Waals surface area contributed by atoms with E-state index >= 15 is 0 Å². The summed E-state index contributed by atoms with van der Waals surface area (Å²) in [7, 11) is 0. The first-order chi connectivity index (χ1) is 9.34. The zero-order valence-corrected chi connectivity index (χ0v) is 10.7. The third-order valence-corrected chi connectivity index (χ3v) is 3.48. The average molecular weight is 252 g/mol. The van der Waals surface area contributed by atoms with Crippen LogP contribution in [0.5, 0.6) is 0 Å². The van der Waals surface area contributed by atoms with Crippen molar-refractivity contribution in [2.45, 2.75) is 12.8 Å². The molecule has 1 aliphatic rings. The van der Waals surface area contributed by atoms with E-state index in [1.165, 1.54) is 0 Å². The number of benzene rings is 1.